The van der Waals surface area contributed by atoms with Gasteiger partial charge in [0.15, 0.2) is 6.10 Å². The van der Waals surface area contributed by atoms with Crippen molar-refractivity contribution in [1.29, 1.82) is 0 Å². The number of anilines is 1. The smallest absolute Gasteiger partial charge is 0.306 e. The number of carbonyl (C=O) groups is 2. The second-order valence-corrected chi connectivity index (χ2v) is 9.30. The molecule has 6 heteroatoms. The Balaban J connectivity index is 1.67. The molecular formula is C19H27NO3S2. The van der Waals surface area contributed by atoms with Gasteiger partial charge in [-0.2, -0.15) is 0 Å². The summed E-state index contributed by atoms with van der Waals surface area (Å²) in [6, 6.07) is 5.82. The van der Waals surface area contributed by atoms with Gasteiger partial charge in [-0.25, -0.2) is 0 Å². The topological polar surface area (TPSA) is 55.4 Å². The van der Waals surface area contributed by atoms with Crippen molar-refractivity contribution in [3.63, 3.8) is 0 Å². The van der Waals surface area contributed by atoms with Crippen LogP contribution in [0.25, 0.3) is 0 Å². The first-order chi connectivity index (χ1) is 12.0. The molecule has 1 amide bonds. The molecule has 25 heavy (non-hydrogen) atoms. The van der Waals surface area contributed by atoms with Crippen LogP contribution in [-0.2, 0) is 14.3 Å². The van der Waals surface area contributed by atoms with Crippen LogP contribution in [0.4, 0.5) is 5.69 Å². The molecule has 1 aromatic carbocycles. The van der Waals surface area contributed by atoms with E-state index < -0.39 is 6.10 Å². The molecule has 2 rings (SSSR count). The zero-order valence-corrected chi connectivity index (χ0v) is 16.8. The number of carbonyl (C=O) groups excluding carboxylic acids is 2. The summed E-state index contributed by atoms with van der Waals surface area (Å²) in [5.41, 5.74) is 2.89. The molecule has 1 N–H and O–H groups in total. The van der Waals surface area contributed by atoms with Crippen molar-refractivity contribution >= 4 is 39.2 Å². The molecule has 1 aliphatic heterocycles. The molecule has 4 nitrogen and oxygen atoms in total. The molecular weight excluding hydrogens is 354 g/mol. The standard InChI is InChI=1S/C19H27NO3S2/c1-13-8-9-17(14(2)12-13)20-19(22)15(3)23-18(21)7-5-4-6-16-10-11-24-25-16/h8-9,12,15-16H,4-7,10-11H2,1-3H3,(H,20,22)/t15-,16+/m0/s1. The third-order valence-electron chi connectivity index (χ3n) is 4.20. The molecule has 1 aliphatic rings. The lowest BCUT2D eigenvalue weighted by atomic mass is 10.1. The van der Waals surface area contributed by atoms with E-state index in [0.29, 0.717) is 6.42 Å². The Morgan fingerprint density at radius 1 is 1.32 bits per heavy atom. The lowest BCUT2D eigenvalue weighted by molar-refractivity contribution is -0.153. The van der Waals surface area contributed by atoms with Crippen molar-refractivity contribution in [2.75, 3.05) is 11.1 Å². The van der Waals surface area contributed by atoms with Crippen LogP contribution in [0, 0.1) is 13.8 Å². The zero-order valence-electron chi connectivity index (χ0n) is 15.2. The largest absolute Gasteiger partial charge is 0.453 e. The fourth-order valence-corrected chi connectivity index (χ4v) is 5.73. The molecule has 138 valence electrons. The van der Waals surface area contributed by atoms with E-state index in [2.05, 4.69) is 5.32 Å². The van der Waals surface area contributed by atoms with Gasteiger partial charge in [0.2, 0.25) is 0 Å². The van der Waals surface area contributed by atoms with E-state index in [1.807, 2.05) is 53.6 Å². The molecule has 1 fully saturated rings. The van der Waals surface area contributed by atoms with Crippen LogP contribution < -0.4 is 5.32 Å². The van der Waals surface area contributed by atoms with Crippen LogP contribution in [0.5, 0.6) is 0 Å². The molecule has 0 aromatic heterocycles. The molecule has 0 saturated carbocycles. The van der Waals surface area contributed by atoms with Gasteiger partial charge < -0.3 is 10.1 Å². The number of ether oxygens (including phenoxy) is 1. The van der Waals surface area contributed by atoms with Crippen LogP contribution in [0.3, 0.4) is 0 Å². The summed E-state index contributed by atoms with van der Waals surface area (Å²) in [6.07, 6.45) is 3.90. The maximum absolute atomic E-state index is 12.2. The summed E-state index contributed by atoms with van der Waals surface area (Å²) < 4.78 is 5.26. The first-order valence-electron chi connectivity index (χ1n) is 8.81. The molecule has 0 bridgehead atoms. The Hall–Kier alpha value is -1.14. The number of hydrogen-bond acceptors (Lipinski definition) is 5. The molecule has 1 saturated heterocycles. The summed E-state index contributed by atoms with van der Waals surface area (Å²) in [4.78, 5) is 24.1. The highest BCUT2D eigenvalue weighted by atomic mass is 33.1. The minimum Gasteiger partial charge on any atom is -0.453 e. The van der Waals surface area contributed by atoms with Crippen molar-refractivity contribution in [2.45, 2.75) is 64.2 Å². The normalized spacial score (nSPS) is 18.0. The Morgan fingerprint density at radius 2 is 2.12 bits per heavy atom. The monoisotopic (exact) mass is 381 g/mol. The fraction of sp³-hybridized carbons (Fsp3) is 0.579. The minimum absolute atomic E-state index is 0.292. The number of amides is 1. The van der Waals surface area contributed by atoms with Crippen molar-refractivity contribution in [3.8, 4) is 0 Å². The van der Waals surface area contributed by atoms with E-state index in [0.717, 1.165) is 41.3 Å². The predicted octanol–water partition coefficient (Wildman–Crippen LogP) is 4.89. The van der Waals surface area contributed by atoms with Crippen molar-refractivity contribution < 1.29 is 14.3 Å². The highest BCUT2D eigenvalue weighted by molar-refractivity contribution is 8.77. The maximum atomic E-state index is 12.2. The van der Waals surface area contributed by atoms with Crippen molar-refractivity contribution in [2.24, 2.45) is 0 Å². The average Bonchev–Trinajstić information content (AvgIpc) is 3.07. The van der Waals surface area contributed by atoms with Crippen LogP contribution in [0.1, 0.15) is 50.2 Å². The van der Waals surface area contributed by atoms with Gasteiger partial charge in [0, 0.05) is 23.1 Å². The van der Waals surface area contributed by atoms with E-state index in [1.54, 1.807) is 6.92 Å². The lowest BCUT2D eigenvalue weighted by Crippen LogP contribution is -2.30. The summed E-state index contributed by atoms with van der Waals surface area (Å²) in [6.45, 7) is 5.57. The van der Waals surface area contributed by atoms with E-state index in [4.69, 9.17) is 4.74 Å². The number of esters is 1. The van der Waals surface area contributed by atoms with Crippen molar-refractivity contribution in [1.82, 2.24) is 0 Å². The number of rotatable bonds is 8. The summed E-state index contributed by atoms with van der Waals surface area (Å²) in [5, 5.41) is 3.56. The number of unbranched alkanes of at least 4 members (excludes halogenated alkanes) is 1. The van der Waals surface area contributed by atoms with Crippen LogP contribution in [0.2, 0.25) is 0 Å². The first kappa shape index (κ1) is 20.2. The van der Waals surface area contributed by atoms with Crippen LogP contribution >= 0.6 is 21.6 Å². The van der Waals surface area contributed by atoms with E-state index in [-0.39, 0.29) is 11.9 Å². The Bertz CT molecular complexity index is 600. The number of hydrogen-bond donors (Lipinski definition) is 1. The van der Waals surface area contributed by atoms with Gasteiger partial charge >= 0.3 is 5.97 Å². The van der Waals surface area contributed by atoms with Gasteiger partial charge in [0.1, 0.15) is 0 Å². The SMILES string of the molecule is Cc1ccc(NC(=O)[C@H](C)OC(=O)CCCC[C@@H]2CCSS2)c(C)c1. The van der Waals surface area contributed by atoms with Crippen LogP contribution in [0.15, 0.2) is 18.2 Å². The predicted molar refractivity (Wildman–Crippen MR) is 107 cm³/mol. The third kappa shape index (κ3) is 6.94. The van der Waals surface area contributed by atoms with Crippen LogP contribution in [-0.4, -0.2) is 29.0 Å². The molecule has 0 unspecified atom stereocenters. The van der Waals surface area contributed by atoms with Gasteiger partial charge in [-0.1, -0.05) is 45.7 Å². The second kappa shape index (κ2) is 10.1. The molecule has 1 heterocycles. The lowest BCUT2D eigenvalue weighted by Gasteiger charge is -2.15. The molecule has 0 radical (unpaired) electrons. The number of aryl methyl sites for hydroxylation is 2. The Morgan fingerprint density at radius 3 is 2.80 bits per heavy atom. The Kier molecular flexibility index (Phi) is 8.16. The molecule has 0 aliphatic carbocycles. The fourth-order valence-electron chi connectivity index (χ4n) is 2.70. The third-order valence-corrected chi connectivity index (χ3v) is 7.21. The molecule has 0 spiro atoms. The highest BCUT2D eigenvalue weighted by Gasteiger charge is 2.19. The van der Waals surface area contributed by atoms with Crippen molar-refractivity contribution in [3.05, 3.63) is 29.3 Å². The van der Waals surface area contributed by atoms with E-state index in [1.165, 1.54) is 12.2 Å². The van der Waals surface area contributed by atoms with Gasteiger partial charge in [-0.05, 0) is 51.7 Å². The quantitative estimate of drug-likeness (QED) is 0.395. The summed E-state index contributed by atoms with van der Waals surface area (Å²) in [5.74, 6) is 0.654. The number of nitrogens with one attached hydrogen (secondary N) is 1. The summed E-state index contributed by atoms with van der Waals surface area (Å²) in [7, 11) is 3.91. The molecule has 1 aromatic rings. The minimum atomic E-state index is -0.782. The maximum Gasteiger partial charge on any atom is 0.306 e. The van der Waals surface area contributed by atoms with Gasteiger partial charge in [0.25, 0.3) is 5.91 Å². The van der Waals surface area contributed by atoms with E-state index in [9.17, 15) is 9.59 Å². The number of benzene rings is 1. The molecule has 2 atom stereocenters. The highest BCUT2D eigenvalue weighted by Crippen LogP contribution is 2.39. The van der Waals surface area contributed by atoms with E-state index >= 15 is 0 Å². The second-order valence-electron chi connectivity index (χ2n) is 6.51. The average molecular weight is 382 g/mol. The van der Waals surface area contributed by atoms with Gasteiger partial charge in [-0.3, -0.25) is 9.59 Å². The van der Waals surface area contributed by atoms with Gasteiger partial charge in [-0.15, -0.1) is 0 Å². The zero-order chi connectivity index (χ0) is 18.2. The first-order valence-corrected chi connectivity index (χ1v) is 11.2. The Labute approximate surface area is 158 Å². The van der Waals surface area contributed by atoms with Gasteiger partial charge in [0.05, 0.1) is 0 Å². The summed E-state index contributed by atoms with van der Waals surface area (Å²) >= 11 is 0.